The van der Waals surface area contributed by atoms with E-state index in [1.807, 2.05) is 0 Å². The first-order chi connectivity index (χ1) is 6.72. The number of urea groups is 1. The van der Waals surface area contributed by atoms with E-state index in [1.165, 1.54) is 0 Å². The van der Waals surface area contributed by atoms with Gasteiger partial charge in [-0.3, -0.25) is 0 Å². The highest BCUT2D eigenvalue weighted by molar-refractivity contribution is 5.73. The maximum absolute atomic E-state index is 11.1. The Morgan fingerprint density at radius 1 is 1.43 bits per heavy atom. The lowest BCUT2D eigenvalue weighted by atomic mass is 9.78. The van der Waals surface area contributed by atoms with Gasteiger partial charge in [-0.15, -0.1) is 0 Å². The van der Waals surface area contributed by atoms with Crippen molar-refractivity contribution in [3.05, 3.63) is 0 Å². The van der Waals surface area contributed by atoms with Gasteiger partial charge in [-0.05, 0) is 24.7 Å². The van der Waals surface area contributed by atoms with Crippen LogP contribution in [0, 0.1) is 5.41 Å². The van der Waals surface area contributed by atoms with Crippen LogP contribution < -0.4 is 10.6 Å². The topological polar surface area (TPSA) is 50.4 Å². The molecule has 1 saturated heterocycles. The van der Waals surface area contributed by atoms with Crippen LogP contribution in [-0.4, -0.2) is 32.8 Å². The van der Waals surface area contributed by atoms with Gasteiger partial charge in [0.2, 0.25) is 0 Å². The van der Waals surface area contributed by atoms with Crippen LogP contribution in [0.5, 0.6) is 0 Å². The highest BCUT2D eigenvalue weighted by atomic mass is 16.5. The minimum Gasteiger partial charge on any atom is -0.381 e. The van der Waals surface area contributed by atoms with Gasteiger partial charge in [0.15, 0.2) is 0 Å². The summed E-state index contributed by atoms with van der Waals surface area (Å²) in [5, 5.41) is 5.45. The number of hydrogen-bond acceptors (Lipinski definition) is 2. The van der Waals surface area contributed by atoms with Gasteiger partial charge in [0.25, 0.3) is 0 Å². The minimum absolute atomic E-state index is 0.0932. The van der Waals surface area contributed by atoms with E-state index in [0.717, 1.165) is 39.0 Å². The van der Waals surface area contributed by atoms with Crippen molar-refractivity contribution in [1.29, 1.82) is 0 Å². The minimum atomic E-state index is -0.0932. The van der Waals surface area contributed by atoms with Gasteiger partial charge < -0.3 is 15.4 Å². The second kappa shape index (κ2) is 5.20. The molecule has 0 aromatic rings. The Morgan fingerprint density at radius 2 is 2.07 bits per heavy atom. The van der Waals surface area contributed by atoms with Crippen molar-refractivity contribution in [2.45, 2.75) is 26.2 Å². The fourth-order valence-electron chi connectivity index (χ4n) is 1.82. The van der Waals surface area contributed by atoms with E-state index < -0.39 is 0 Å². The lowest BCUT2D eigenvalue weighted by Crippen LogP contribution is -2.43. The predicted molar refractivity (Wildman–Crippen MR) is 55.2 cm³/mol. The molecule has 2 amide bonds. The van der Waals surface area contributed by atoms with Crippen molar-refractivity contribution >= 4 is 6.03 Å². The zero-order valence-corrected chi connectivity index (χ0v) is 9.06. The molecule has 1 heterocycles. The Kier molecular flexibility index (Phi) is 4.20. The van der Waals surface area contributed by atoms with Gasteiger partial charge in [-0.1, -0.05) is 6.92 Å². The van der Waals surface area contributed by atoms with E-state index in [9.17, 15) is 4.79 Å². The molecule has 0 bridgehead atoms. The van der Waals surface area contributed by atoms with Gasteiger partial charge in [0.1, 0.15) is 0 Å². The Balaban J connectivity index is 2.39. The molecule has 0 spiro atoms. The predicted octanol–water partition coefficient (Wildman–Crippen LogP) is 1.12. The number of nitrogens with one attached hydrogen (secondary N) is 2. The molecule has 14 heavy (non-hydrogen) atoms. The van der Waals surface area contributed by atoms with Crippen molar-refractivity contribution in [3.8, 4) is 0 Å². The molecule has 0 aromatic carbocycles. The second-order valence-electron chi connectivity index (χ2n) is 3.90. The summed E-state index contributed by atoms with van der Waals surface area (Å²) >= 11 is 0. The van der Waals surface area contributed by atoms with Crippen LogP contribution in [0.1, 0.15) is 26.2 Å². The summed E-state index contributed by atoms with van der Waals surface area (Å²) in [5.41, 5.74) is 0.255. The summed E-state index contributed by atoms with van der Waals surface area (Å²) in [4.78, 5) is 11.1. The molecule has 1 aliphatic heterocycles. The molecule has 1 aliphatic rings. The molecule has 0 atom stereocenters. The normalized spacial score (nSPS) is 20.1. The molecule has 0 saturated carbocycles. The van der Waals surface area contributed by atoms with E-state index in [0.29, 0.717) is 0 Å². The van der Waals surface area contributed by atoms with Crippen LogP contribution in [0.2, 0.25) is 0 Å². The molecule has 0 aromatic heterocycles. The summed E-state index contributed by atoms with van der Waals surface area (Å²) in [6, 6.07) is -0.0932. The number of amides is 2. The molecular weight excluding hydrogens is 180 g/mol. The van der Waals surface area contributed by atoms with Crippen molar-refractivity contribution in [1.82, 2.24) is 10.6 Å². The summed E-state index contributed by atoms with van der Waals surface area (Å²) in [6.07, 6.45) is 3.20. The standard InChI is InChI=1S/C10H20N2O2/c1-3-10(4-6-14-7-5-10)8-12-9(13)11-2/h3-8H2,1-2H3,(H2,11,12,13). The maximum Gasteiger partial charge on any atom is 0.314 e. The van der Waals surface area contributed by atoms with Crippen molar-refractivity contribution in [2.24, 2.45) is 5.41 Å². The summed E-state index contributed by atoms with van der Waals surface area (Å²) in [6.45, 7) is 4.58. The molecule has 0 radical (unpaired) electrons. The molecule has 2 N–H and O–H groups in total. The first-order valence-electron chi connectivity index (χ1n) is 5.26. The van der Waals surface area contributed by atoms with E-state index in [2.05, 4.69) is 17.6 Å². The highest BCUT2D eigenvalue weighted by Crippen LogP contribution is 2.32. The number of ether oxygens (including phenoxy) is 1. The first kappa shape index (κ1) is 11.3. The smallest absolute Gasteiger partial charge is 0.314 e. The van der Waals surface area contributed by atoms with Crippen molar-refractivity contribution < 1.29 is 9.53 Å². The molecule has 1 fully saturated rings. The lowest BCUT2D eigenvalue weighted by Gasteiger charge is -2.36. The average molecular weight is 200 g/mol. The van der Waals surface area contributed by atoms with Gasteiger partial charge >= 0.3 is 6.03 Å². The monoisotopic (exact) mass is 200 g/mol. The molecule has 0 unspecified atom stereocenters. The largest absolute Gasteiger partial charge is 0.381 e. The first-order valence-corrected chi connectivity index (χ1v) is 5.26. The zero-order valence-electron chi connectivity index (χ0n) is 9.06. The third-order valence-electron chi connectivity index (χ3n) is 3.15. The molecule has 4 nitrogen and oxygen atoms in total. The summed E-state index contributed by atoms with van der Waals surface area (Å²) in [7, 11) is 1.64. The van der Waals surface area contributed by atoms with Crippen LogP contribution in [0.4, 0.5) is 4.79 Å². The number of carbonyl (C=O) groups is 1. The van der Waals surface area contributed by atoms with Crippen molar-refractivity contribution in [2.75, 3.05) is 26.8 Å². The molecule has 0 aliphatic carbocycles. The van der Waals surface area contributed by atoms with Crippen LogP contribution in [0.3, 0.4) is 0 Å². The quantitative estimate of drug-likeness (QED) is 0.717. The van der Waals surface area contributed by atoms with Crippen molar-refractivity contribution in [3.63, 3.8) is 0 Å². The lowest BCUT2D eigenvalue weighted by molar-refractivity contribution is 0.0141. The third kappa shape index (κ3) is 2.87. The maximum atomic E-state index is 11.1. The molecule has 82 valence electrons. The van der Waals surface area contributed by atoms with Crippen LogP contribution in [0.15, 0.2) is 0 Å². The van der Waals surface area contributed by atoms with E-state index >= 15 is 0 Å². The van der Waals surface area contributed by atoms with Gasteiger partial charge in [0, 0.05) is 26.8 Å². The van der Waals surface area contributed by atoms with Crippen LogP contribution in [0.25, 0.3) is 0 Å². The van der Waals surface area contributed by atoms with E-state index in [1.54, 1.807) is 7.05 Å². The Bertz CT molecular complexity index is 189. The van der Waals surface area contributed by atoms with Crippen LogP contribution in [-0.2, 0) is 4.74 Å². The Labute approximate surface area is 85.4 Å². The van der Waals surface area contributed by atoms with Crippen LogP contribution >= 0.6 is 0 Å². The highest BCUT2D eigenvalue weighted by Gasteiger charge is 2.30. The molecule has 1 rings (SSSR count). The number of hydrogen-bond donors (Lipinski definition) is 2. The summed E-state index contributed by atoms with van der Waals surface area (Å²) < 4.78 is 5.33. The molecule has 4 heteroatoms. The van der Waals surface area contributed by atoms with Gasteiger partial charge in [0.05, 0.1) is 0 Å². The zero-order chi connectivity index (χ0) is 10.4. The van der Waals surface area contributed by atoms with Gasteiger partial charge in [-0.2, -0.15) is 0 Å². The van der Waals surface area contributed by atoms with E-state index in [4.69, 9.17) is 4.74 Å². The number of carbonyl (C=O) groups excluding carboxylic acids is 1. The SMILES string of the molecule is CCC1(CNC(=O)NC)CCOCC1. The number of rotatable bonds is 3. The molecular formula is C10H20N2O2. The Hall–Kier alpha value is -0.770. The average Bonchev–Trinajstić information content (AvgIpc) is 2.27. The summed E-state index contributed by atoms with van der Waals surface area (Å²) in [5.74, 6) is 0. The van der Waals surface area contributed by atoms with E-state index in [-0.39, 0.29) is 11.4 Å². The third-order valence-corrected chi connectivity index (χ3v) is 3.15. The van der Waals surface area contributed by atoms with Gasteiger partial charge in [-0.25, -0.2) is 4.79 Å². The fraction of sp³-hybridized carbons (Fsp3) is 0.900. The fourth-order valence-corrected chi connectivity index (χ4v) is 1.82. The second-order valence-corrected chi connectivity index (χ2v) is 3.90. The Morgan fingerprint density at radius 3 is 2.57 bits per heavy atom.